The minimum absolute atomic E-state index is 0.467. The molecule has 0 aliphatic carbocycles. The molecule has 0 aliphatic rings. The fraction of sp³-hybridized carbons (Fsp3) is 0.267. The Balaban J connectivity index is 2.17. The standard InChI is InChI=1S/C15H17ClN2/c1-2-11-3-5-14(18-10-11)8-12-4-6-15(16)13(7-12)9-17/h3-7,10H,2,8-9,17H2,1H3. The molecule has 2 nitrogen and oxygen atoms in total. The molecule has 1 heterocycles. The molecule has 0 aliphatic heterocycles. The van der Waals surface area contributed by atoms with Gasteiger partial charge in [0.05, 0.1) is 0 Å². The third-order valence-electron chi connectivity index (χ3n) is 3.01. The molecule has 0 radical (unpaired) electrons. The summed E-state index contributed by atoms with van der Waals surface area (Å²) in [5.41, 5.74) is 10.2. The average Bonchev–Trinajstić information content (AvgIpc) is 2.42. The van der Waals surface area contributed by atoms with Crippen molar-refractivity contribution in [3.05, 3.63) is 63.9 Å². The molecule has 0 saturated carbocycles. The Hall–Kier alpha value is -1.38. The van der Waals surface area contributed by atoms with Crippen LogP contribution >= 0.6 is 11.6 Å². The van der Waals surface area contributed by atoms with Crippen LogP contribution in [0, 0.1) is 0 Å². The van der Waals surface area contributed by atoms with E-state index in [-0.39, 0.29) is 0 Å². The van der Waals surface area contributed by atoms with Crippen molar-refractivity contribution in [2.24, 2.45) is 5.73 Å². The van der Waals surface area contributed by atoms with E-state index >= 15 is 0 Å². The molecular formula is C15H17ClN2. The van der Waals surface area contributed by atoms with Crippen LogP contribution in [-0.4, -0.2) is 4.98 Å². The van der Waals surface area contributed by atoms with E-state index in [0.29, 0.717) is 6.54 Å². The van der Waals surface area contributed by atoms with Crippen molar-refractivity contribution < 1.29 is 0 Å². The van der Waals surface area contributed by atoms with Crippen molar-refractivity contribution in [3.63, 3.8) is 0 Å². The van der Waals surface area contributed by atoms with Gasteiger partial charge in [-0.2, -0.15) is 0 Å². The van der Waals surface area contributed by atoms with Gasteiger partial charge in [-0.1, -0.05) is 36.7 Å². The van der Waals surface area contributed by atoms with Crippen molar-refractivity contribution in [1.29, 1.82) is 0 Å². The highest BCUT2D eigenvalue weighted by Gasteiger charge is 2.02. The van der Waals surface area contributed by atoms with Gasteiger partial charge in [0.1, 0.15) is 0 Å². The summed E-state index contributed by atoms with van der Waals surface area (Å²) in [7, 11) is 0. The molecule has 0 saturated heterocycles. The maximum Gasteiger partial charge on any atom is 0.0451 e. The average molecular weight is 261 g/mol. The molecule has 1 aromatic heterocycles. The number of nitrogens with zero attached hydrogens (tertiary/aromatic N) is 1. The lowest BCUT2D eigenvalue weighted by molar-refractivity contribution is 1.02. The van der Waals surface area contributed by atoms with Crippen LogP contribution in [0.3, 0.4) is 0 Å². The summed E-state index contributed by atoms with van der Waals surface area (Å²) in [4.78, 5) is 4.46. The molecule has 2 N–H and O–H groups in total. The van der Waals surface area contributed by atoms with Gasteiger partial charge in [-0.25, -0.2) is 0 Å². The van der Waals surface area contributed by atoms with Crippen molar-refractivity contribution in [2.75, 3.05) is 0 Å². The van der Waals surface area contributed by atoms with Gasteiger partial charge >= 0.3 is 0 Å². The Morgan fingerprint density at radius 3 is 2.56 bits per heavy atom. The molecule has 0 fully saturated rings. The van der Waals surface area contributed by atoms with Crippen LogP contribution in [0.15, 0.2) is 36.5 Å². The molecule has 2 aromatic rings. The summed E-state index contributed by atoms with van der Waals surface area (Å²) in [5, 5.41) is 0.732. The molecule has 18 heavy (non-hydrogen) atoms. The highest BCUT2D eigenvalue weighted by atomic mass is 35.5. The second-order valence-corrected chi connectivity index (χ2v) is 4.73. The quantitative estimate of drug-likeness (QED) is 0.916. The number of halogens is 1. The molecule has 94 valence electrons. The zero-order valence-electron chi connectivity index (χ0n) is 10.5. The Bertz CT molecular complexity index is 521. The Kier molecular flexibility index (Phi) is 4.34. The number of hydrogen-bond acceptors (Lipinski definition) is 2. The number of hydrogen-bond donors (Lipinski definition) is 1. The number of benzene rings is 1. The maximum absolute atomic E-state index is 6.04. The monoisotopic (exact) mass is 260 g/mol. The maximum atomic E-state index is 6.04. The van der Waals surface area contributed by atoms with Gasteiger partial charge in [-0.05, 0) is 35.2 Å². The van der Waals surface area contributed by atoms with Crippen LogP contribution in [0.1, 0.15) is 29.3 Å². The Labute approximate surface area is 113 Å². The molecule has 1 aromatic carbocycles. The number of aryl methyl sites for hydroxylation is 1. The molecular weight excluding hydrogens is 244 g/mol. The fourth-order valence-corrected chi connectivity index (χ4v) is 2.07. The molecule has 2 rings (SSSR count). The van der Waals surface area contributed by atoms with Gasteiger partial charge in [0, 0.05) is 29.9 Å². The second kappa shape index (κ2) is 5.98. The lowest BCUT2D eigenvalue weighted by Gasteiger charge is -2.06. The van der Waals surface area contributed by atoms with Crippen LogP contribution in [0.4, 0.5) is 0 Å². The van der Waals surface area contributed by atoms with Gasteiger partial charge in [0.2, 0.25) is 0 Å². The highest BCUT2D eigenvalue weighted by molar-refractivity contribution is 6.31. The van der Waals surface area contributed by atoms with Crippen LogP contribution in [-0.2, 0) is 19.4 Å². The third-order valence-corrected chi connectivity index (χ3v) is 3.38. The van der Waals surface area contributed by atoms with Crippen LogP contribution < -0.4 is 5.73 Å². The zero-order chi connectivity index (χ0) is 13.0. The molecule has 0 bridgehead atoms. The van der Waals surface area contributed by atoms with E-state index in [1.165, 1.54) is 11.1 Å². The largest absolute Gasteiger partial charge is 0.326 e. The van der Waals surface area contributed by atoms with Gasteiger partial charge < -0.3 is 5.73 Å². The SMILES string of the molecule is CCc1ccc(Cc2ccc(Cl)c(CN)c2)nc1. The number of pyridine rings is 1. The van der Waals surface area contributed by atoms with Crippen molar-refractivity contribution in [3.8, 4) is 0 Å². The van der Waals surface area contributed by atoms with Crippen LogP contribution in [0.2, 0.25) is 5.02 Å². The minimum atomic E-state index is 0.467. The highest BCUT2D eigenvalue weighted by Crippen LogP contribution is 2.18. The van der Waals surface area contributed by atoms with Gasteiger partial charge in [-0.3, -0.25) is 4.98 Å². The first-order valence-electron chi connectivity index (χ1n) is 6.14. The van der Waals surface area contributed by atoms with E-state index < -0.39 is 0 Å². The molecule has 0 spiro atoms. The first kappa shape index (κ1) is 13.1. The number of nitrogens with two attached hydrogens (primary N) is 1. The summed E-state index contributed by atoms with van der Waals surface area (Å²) in [6, 6.07) is 10.2. The number of rotatable bonds is 4. The summed E-state index contributed by atoms with van der Waals surface area (Å²) >= 11 is 6.04. The summed E-state index contributed by atoms with van der Waals surface area (Å²) < 4.78 is 0. The first-order valence-corrected chi connectivity index (χ1v) is 6.52. The first-order chi connectivity index (χ1) is 8.72. The van der Waals surface area contributed by atoms with Crippen molar-refractivity contribution in [2.45, 2.75) is 26.3 Å². The predicted molar refractivity (Wildman–Crippen MR) is 75.8 cm³/mol. The van der Waals surface area contributed by atoms with Gasteiger partial charge in [0.15, 0.2) is 0 Å². The summed E-state index contributed by atoms with van der Waals surface area (Å²) in [6.07, 6.45) is 3.77. The van der Waals surface area contributed by atoms with E-state index in [4.69, 9.17) is 17.3 Å². The lowest BCUT2D eigenvalue weighted by Crippen LogP contribution is -1.99. The third kappa shape index (κ3) is 3.09. The summed E-state index contributed by atoms with van der Waals surface area (Å²) in [5.74, 6) is 0. The van der Waals surface area contributed by atoms with Crippen LogP contribution in [0.25, 0.3) is 0 Å². The number of aromatic nitrogens is 1. The fourth-order valence-electron chi connectivity index (χ4n) is 1.87. The van der Waals surface area contributed by atoms with E-state index in [2.05, 4.69) is 30.1 Å². The topological polar surface area (TPSA) is 38.9 Å². The molecule has 3 heteroatoms. The molecule has 0 unspecified atom stereocenters. The van der Waals surface area contributed by atoms with Crippen molar-refractivity contribution >= 4 is 11.6 Å². The molecule has 0 atom stereocenters. The normalized spacial score (nSPS) is 10.6. The minimum Gasteiger partial charge on any atom is -0.326 e. The van der Waals surface area contributed by atoms with E-state index in [1.807, 2.05) is 18.3 Å². The van der Waals surface area contributed by atoms with Gasteiger partial charge in [-0.15, -0.1) is 0 Å². The lowest BCUT2D eigenvalue weighted by atomic mass is 10.1. The Morgan fingerprint density at radius 1 is 1.17 bits per heavy atom. The molecule has 0 amide bonds. The predicted octanol–water partition coefficient (Wildman–Crippen LogP) is 3.35. The zero-order valence-corrected chi connectivity index (χ0v) is 11.2. The smallest absolute Gasteiger partial charge is 0.0451 e. The van der Waals surface area contributed by atoms with Gasteiger partial charge in [0.25, 0.3) is 0 Å². The van der Waals surface area contributed by atoms with E-state index in [9.17, 15) is 0 Å². The van der Waals surface area contributed by atoms with E-state index in [1.54, 1.807) is 0 Å². The van der Waals surface area contributed by atoms with Crippen molar-refractivity contribution in [1.82, 2.24) is 4.98 Å². The van der Waals surface area contributed by atoms with Crippen LogP contribution in [0.5, 0.6) is 0 Å². The second-order valence-electron chi connectivity index (χ2n) is 4.32. The summed E-state index contributed by atoms with van der Waals surface area (Å²) in [6.45, 7) is 2.60. The van der Waals surface area contributed by atoms with E-state index in [0.717, 1.165) is 29.1 Å². The Morgan fingerprint density at radius 2 is 1.94 bits per heavy atom.